The zero-order chi connectivity index (χ0) is 12.3. The molecule has 0 aliphatic rings. The van der Waals surface area contributed by atoms with Gasteiger partial charge in [-0.05, 0) is 30.3 Å². The smallest absolute Gasteiger partial charge is 0.241 e. The summed E-state index contributed by atoms with van der Waals surface area (Å²) >= 11 is 3.40. The average Bonchev–Trinajstić information content (AvgIpc) is 2.75. The van der Waals surface area contributed by atoms with Crippen LogP contribution in [-0.2, 0) is 4.79 Å². The van der Waals surface area contributed by atoms with Crippen molar-refractivity contribution in [3.8, 4) is 11.3 Å². The lowest BCUT2D eigenvalue weighted by atomic mass is 10.2. The Bertz CT molecular complexity index is 572. The molecule has 17 heavy (non-hydrogen) atoms. The number of nitrogens with two attached hydrogens (primary N) is 1. The average molecular weight is 292 g/mol. The third-order valence-electron chi connectivity index (χ3n) is 2.15. The molecule has 0 saturated carbocycles. The first-order chi connectivity index (χ1) is 8.15. The highest BCUT2D eigenvalue weighted by Gasteiger charge is 2.03. The van der Waals surface area contributed by atoms with E-state index in [1.807, 2.05) is 30.3 Å². The van der Waals surface area contributed by atoms with Gasteiger partial charge in [0.1, 0.15) is 11.5 Å². The molecule has 0 unspecified atom stereocenters. The van der Waals surface area contributed by atoms with Gasteiger partial charge in [0.15, 0.2) is 0 Å². The van der Waals surface area contributed by atoms with Crippen LogP contribution >= 0.6 is 15.9 Å². The first-order valence-electron chi connectivity index (χ1n) is 4.98. The molecule has 1 aromatic carbocycles. The van der Waals surface area contributed by atoms with Crippen LogP contribution in [0.2, 0.25) is 0 Å². The molecule has 1 aromatic heterocycles. The van der Waals surface area contributed by atoms with Crippen molar-refractivity contribution in [3.63, 3.8) is 0 Å². The topological polar surface area (TPSA) is 56.2 Å². The summed E-state index contributed by atoms with van der Waals surface area (Å²) in [6.45, 7) is 0. The summed E-state index contributed by atoms with van der Waals surface area (Å²) in [6, 6.07) is 11.4. The predicted molar refractivity (Wildman–Crippen MR) is 70.1 cm³/mol. The SMILES string of the molecule is NC(=O)/C=C/c1ccc(-c2cccc(Br)c2)o1. The molecule has 0 fully saturated rings. The fraction of sp³-hybridized carbons (Fsp3) is 0. The van der Waals surface area contributed by atoms with Gasteiger partial charge in [-0.3, -0.25) is 4.79 Å². The van der Waals surface area contributed by atoms with Crippen molar-refractivity contribution in [3.05, 3.63) is 52.7 Å². The van der Waals surface area contributed by atoms with Crippen molar-refractivity contribution < 1.29 is 9.21 Å². The quantitative estimate of drug-likeness (QED) is 0.883. The molecule has 0 aliphatic carbocycles. The monoisotopic (exact) mass is 291 g/mol. The van der Waals surface area contributed by atoms with Gasteiger partial charge < -0.3 is 10.2 Å². The number of rotatable bonds is 3. The van der Waals surface area contributed by atoms with Gasteiger partial charge in [0.25, 0.3) is 0 Å². The van der Waals surface area contributed by atoms with E-state index >= 15 is 0 Å². The third-order valence-corrected chi connectivity index (χ3v) is 2.64. The second-order valence-electron chi connectivity index (χ2n) is 3.45. The number of benzene rings is 1. The van der Waals surface area contributed by atoms with Gasteiger partial charge in [-0.2, -0.15) is 0 Å². The third kappa shape index (κ3) is 3.07. The molecule has 4 heteroatoms. The van der Waals surface area contributed by atoms with Gasteiger partial charge in [0, 0.05) is 16.1 Å². The van der Waals surface area contributed by atoms with Gasteiger partial charge in [0.05, 0.1) is 0 Å². The number of carbonyl (C=O) groups is 1. The van der Waals surface area contributed by atoms with Crippen LogP contribution in [0.1, 0.15) is 5.76 Å². The highest BCUT2D eigenvalue weighted by molar-refractivity contribution is 9.10. The number of halogens is 1. The molecule has 2 aromatic rings. The van der Waals surface area contributed by atoms with Crippen molar-refractivity contribution in [2.45, 2.75) is 0 Å². The number of hydrogen-bond donors (Lipinski definition) is 1. The minimum Gasteiger partial charge on any atom is -0.457 e. The summed E-state index contributed by atoms with van der Waals surface area (Å²) in [7, 11) is 0. The van der Waals surface area contributed by atoms with E-state index in [1.54, 1.807) is 12.1 Å². The Balaban J connectivity index is 2.27. The zero-order valence-corrected chi connectivity index (χ0v) is 10.5. The first kappa shape index (κ1) is 11.7. The summed E-state index contributed by atoms with van der Waals surface area (Å²) < 4.78 is 6.55. The highest BCUT2D eigenvalue weighted by Crippen LogP contribution is 2.25. The van der Waals surface area contributed by atoms with Crippen LogP contribution in [0.5, 0.6) is 0 Å². The van der Waals surface area contributed by atoms with Crippen LogP contribution in [-0.4, -0.2) is 5.91 Å². The Morgan fingerprint density at radius 3 is 2.82 bits per heavy atom. The minimum atomic E-state index is -0.495. The Hall–Kier alpha value is -1.81. The molecular formula is C13H10BrNO2. The Morgan fingerprint density at radius 2 is 2.12 bits per heavy atom. The molecule has 0 bridgehead atoms. The fourth-order valence-corrected chi connectivity index (χ4v) is 1.80. The number of primary amides is 1. The maximum atomic E-state index is 10.6. The van der Waals surface area contributed by atoms with Gasteiger partial charge in [-0.25, -0.2) is 0 Å². The number of furan rings is 1. The molecule has 2 N–H and O–H groups in total. The molecule has 0 radical (unpaired) electrons. The maximum Gasteiger partial charge on any atom is 0.241 e. The van der Waals surface area contributed by atoms with E-state index in [0.717, 1.165) is 15.8 Å². The van der Waals surface area contributed by atoms with Crippen LogP contribution in [0.4, 0.5) is 0 Å². The molecule has 86 valence electrons. The minimum absolute atomic E-state index is 0.495. The summed E-state index contributed by atoms with van der Waals surface area (Å²) in [4.78, 5) is 10.6. The lowest BCUT2D eigenvalue weighted by Gasteiger charge is -1.96. The van der Waals surface area contributed by atoms with Crippen molar-refractivity contribution in [1.29, 1.82) is 0 Å². The Morgan fingerprint density at radius 1 is 1.29 bits per heavy atom. The predicted octanol–water partition coefficient (Wildman–Crippen LogP) is 3.21. The van der Waals surface area contributed by atoms with Crippen LogP contribution < -0.4 is 5.73 Å². The van der Waals surface area contributed by atoms with Crippen molar-refractivity contribution in [2.75, 3.05) is 0 Å². The lowest BCUT2D eigenvalue weighted by molar-refractivity contribution is -0.113. The molecule has 1 amide bonds. The number of amides is 1. The van der Waals surface area contributed by atoms with E-state index in [2.05, 4.69) is 15.9 Å². The van der Waals surface area contributed by atoms with Crippen LogP contribution in [0.15, 0.2) is 51.4 Å². The van der Waals surface area contributed by atoms with Crippen molar-refractivity contribution >= 4 is 27.9 Å². The molecule has 0 saturated heterocycles. The number of hydrogen-bond acceptors (Lipinski definition) is 2. The molecule has 1 heterocycles. The second kappa shape index (κ2) is 5.01. The summed E-state index contributed by atoms with van der Waals surface area (Å²) in [6.07, 6.45) is 2.81. The molecule has 2 rings (SSSR count). The lowest BCUT2D eigenvalue weighted by Crippen LogP contribution is -2.04. The Kier molecular flexibility index (Phi) is 3.44. The van der Waals surface area contributed by atoms with E-state index in [0.29, 0.717) is 5.76 Å². The van der Waals surface area contributed by atoms with E-state index in [-0.39, 0.29) is 0 Å². The van der Waals surface area contributed by atoms with Gasteiger partial charge in [-0.15, -0.1) is 0 Å². The summed E-state index contributed by atoms with van der Waals surface area (Å²) in [5.74, 6) is 0.847. The first-order valence-corrected chi connectivity index (χ1v) is 5.78. The van der Waals surface area contributed by atoms with Crippen molar-refractivity contribution in [1.82, 2.24) is 0 Å². The standard InChI is InChI=1S/C13H10BrNO2/c14-10-3-1-2-9(8-10)12-6-4-11(17-12)5-7-13(15)16/h1-8H,(H2,15,16)/b7-5+. The second-order valence-corrected chi connectivity index (χ2v) is 4.36. The summed E-state index contributed by atoms with van der Waals surface area (Å²) in [5, 5.41) is 0. The molecular weight excluding hydrogens is 282 g/mol. The van der Waals surface area contributed by atoms with E-state index in [9.17, 15) is 4.79 Å². The Labute approximate surface area is 107 Å². The fourth-order valence-electron chi connectivity index (χ4n) is 1.40. The molecule has 0 spiro atoms. The molecule has 0 aliphatic heterocycles. The van der Waals surface area contributed by atoms with Gasteiger partial charge in [-0.1, -0.05) is 28.1 Å². The van der Waals surface area contributed by atoms with E-state index in [4.69, 9.17) is 10.2 Å². The summed E-state index contributed by atoms with van der Waals surface area (Å²) in [5.41, 5.74) is 5.97. The highest BCUT2D eigenvalue weighted by atomic mass is 79.9. The normalized spacial score (nSPS) is 10.9. The maximum absolute atomic E-state index is 10.6. The molecule has 0 atom stereocenters. The van der Waals surface area contributed by atoms with Gasteiger partial charge >= 0.3 is 0 Å². The van der Waals surface area contributed by atoms with E-state index in [1.165, 1.54) is 6.08 Å². The molecule has 3 nitrogen and oxygen atoms in total. The van der Waals surface area contributed by atoms with Crippen LogP contribution in [0, 0.1) is 0 Å². The number of carbonyl (C=O) groups excluding carboxylic acids is 1. The largest absolute Gasteiger partial charge is 0.457 e. The zero-order valence-electron chi connectivity index (χ0n) is 8.89. The van der Waals surface area contributed by atoms with Crippen molar-refractivity contribution in [2.24, 2.45) is 5.73 Å². The van der Waals surface area contributed by atoms with Crippen LogP contribution in [0.25, 0.3) is 17.4 Å². The van der Waals surface area contributed by atoms with Gasteiger partial charge in [0.2, 0.25) is 5.91 Å². The van der Waals surface area contributed by atoms with E-state index < -0.39 is 5.91 Å². The van der Waals surface area contributed by atoms with Crippen LogP contribution in [0.3, 0.4) is 0 Å².